The SMILES string of the molecule is CN1C(=C2SC(=Nc3cccc(CC(N)=O)c3)N(Cc3ccccc3)C2=O)Sc2ccccc21. The van der Waals surface area contributed by atoms with Gasteiger partial charge in [0.2, 0.25) is 5.91 Å². The van der Waals surface area contributed by atoms with E-state index in [9.17, 15) is 9.59 Å². The number of thioether (sulfide) groups is 2. The molecule has 170 valence electrons. The van der Waals surface area contributed by atoms with Gasteiger partial charge in [-0.25, -0.2) is 4.99 Å². The highest BCUT2D eigenvalue weighted by Crippen LogP contribution is 2.50. The number of hydrogen-bond acceptors (Lipinski definition) is 6. The van der Waals surface area contributed by atoms with Crippen LogP contribution in [0.3, 0.4) is 0 Å². The summed E-state index contributed by atoms with van der Waals surface area (Å²) >= 11 is 2.99. The minimum Gasteiger partial charge on any atom is -0.369 e. The first-order chi connectivity index (χ1) is 16.5. The third-order valence-electron chi connectivity index (χ3n) is 5.49. The lowest BCUT2D eigenvalue weighted by Gasteiger charge is -2.17. The number of amides is 2. The van der Waals surface area contributed by atoms with Gasteiger partial charge in [0.05, 0.1) is 29.4 Å². The first-order valence-corrected chi connectivity index (χ1v) is 12.4. The number of primary amides is 1. The first kappa shape index (κ1) is 22.3. The maximum Gasteiger partial charge on any atom is 0.269 e. The molecule has 0 atom stereocenters. The molecule has 5 rings (SSSR count). The summed E-state index contributed by atoms with van der Waals surface area (Å²) in [4.78, 5) is 35.4. The van der Waals surface area contributed by atoms with Crippen LogP contribution in [0.4, 0.5) is 11.4 Å². The van der Waals surface area contributed by atoms with E-state index in [1.165, 1.54) is 11.8 Å². The van der Waals surface area contributed by atoms with Crippen molar-refractivity contribution in [3.8, 4) is 0 Å². The lowest BCUT2D eigenvalue weighted by molar-refractivity contribution is -0.122. The number of carbonyl (C=O) groups excluding carboxylic acids is 2. The predicted octanol–water partition coefficient (Wildman–Crippen LogP) is 4.89. The smallest absolute Gasteiger partial charge is 0.269 e. The summed E-state index contributed by atoms with van der Waals surface area (Å²) in [7, 11) is 1.99. The van der Waals surface area contributed by atoms with Crippen LogP contribution in [0.5, 0.6) is 0 Å². The van der Waals surface area contributed by atoms with Gasteiger partial charge in [0, 0.05) is 11.9 Å². The molecule has 0 aromatic heterocycles. The Morgan fingerprint density at radius 3 is 2.44 bits per heavy atom. The number of nitrogens with two attached hydrogens (primary N) is 1. The van der Waals surface area contributed by atoms with Crippen LogP contribution in [0, 0.1) is 0 Å². The summed E-state index contributed by atoms with van der Waals surface area (Å²) in [5, 5.41) is 1.51. The molecule has 2 aliphatic heterocycles. The van der Waals surface area contributed by atoms with E-state index in [0.29, 0.717) is 22.3 Å². The van der Waals surface area contributed by atoms with Gasteiger partial charge in [-0.15, -0.1) is 0 Å². The summed E-state index contributed by atoms with van der Waals surface area (Å²) in [5.41, 5.74) is 8.93. The average molecular weight is 487 g/mol. The van der Waals surface area contributed by atoms with Crippen LogP contribution in [0.2, 0.25) is 0 Å². The number of benzene rings is 3. The van der Waals surface area contributed by atoms with Crippen molar-refractivity contribution in [2.24, 2.45) is 10.7 Å². The zero-order valence-corrected chi connectivity index (χ0v) is 20.1. The molecule has 2 heterocycles. The standard InChI is InChI=1S/C26H22N4O2S2/c1-29-20-12-5-6-13-21(20)33-25(29)23-24(32)30(16-17-8-3-2-4-9-17)26(34-23)28-19-11-7-10-18(14-19)15-22(27)31/h2-14H,15-16H2,1H3,(H2,27,31). The van der Waals surface area contributed by atoms with Crippen LogP contribution in [0.25, 0.3) is 0 Å². The minimum atomic E-state index is -0.395. The Labute approximate surface area is 206 Å². The predicted molar refractivity (Wildman–Crippen MR) is 139 cm³/mol. The van der Waals surface area contributed by atoms with Gasteiger partial charge in [-0.05, 0) is 47.2 Å². The number of amidine groups is 1. The van der Waals surface area contributed by atoms with Crippen LogP contribution >= 0.6 is 23.5 Å². The van der Waals surface area contributed by atoms with Gasteiger partial charge in [-0.1, -0.05) is 66.4 Å². The van der Waals surface area contributed by atoms with Crippen LogP contribution in [0.1, 0.15) is 11.1 Å². The van der Waals surface area contributed by atoms with E-state index in [-0.39, 0.29) is 12.3 Å². The van der Waals surface area contributed by atoms with Gasteiger partial charge in [0.25, 0.3) is 5.91 Å². The Balaban J connectivity index is 1.54. The van der Waals surface area contributed by atoms with E-state index >= 15 is 0 Å². The number of rotatable bonds is 5. The fraction of sp³-hybridized carbons (Fsp3) is 0.115. The molecular formula is C26H22N4O2S2. The Morgan fingerprint density at radius 1 is 0.941 bits per heavy atom. The highest BCUT2D eigenvalue weighted by Gasteiger charge is 2.39. The van der Waals surface area contributed by atoms with Crippen molar-refractivity contribution < 1.29 is 9.59 Å². The van der Waals surface area contributed by atoms with E-state index in [1.807, 2.05) is 73.8 Å². The molecule has 0 saturated carbocycles. The van der Waals surface area contributed by atoms with E-state index in [2.05, 4.69) is 17.0 Å². The van der Waals surface area contributed by atoms with Crippen molar-refractivity contribution >= 4 is 51.9 Å². The highest BCUT2D eigenvalue weighted by atomic mass is 32.2. The number of nitrogens with zero attached hydrogens (tertiary/aromatic N) is 3. The summed E-state index contributed by atoms with van der Waals surface area (Å²) in [6.07, 6.45) is 0.146. The number of carbonyl (C=O) groups is 2. The van der Waals surface area contributed by atoms with Crippen LogP contribution in [0.15, 0.2) is 98.7 Å². The zero-order valence-electron chi connectivity index (χ0n) is 18.5. The molecule has 1 saturated heterocycles. The van der Waals surface area contributed by atoms with Crippen molar-refractivity contribution in [2.75, 3.05) is 11.9 Å². The maximum atomic E-state index is 13.7. The topological polar surface area (TPSA) is 79.0 Å². The van der Waals surface area contributed by atoms with Gasteiger partial charge in [-0.2, -0.15) is 0 Å². The minimum absolute atomic E-state index is 0.0666. The molecule has 0 spiro atoms. The third kappa shape index (κ3) is 4.47. The molecule has 8 heteroatoms. The zero-order chi connectivity index (χ0) is 23.7. The monoisotopic (exact) mass is 486 g/mol. The molecule has 6 nitrogen and oxygen atoms in total. The number of anilines is 1. The molecule has 1 fully saturated rings. The van der Waals surface area contributed by atoms with Gasteiger partial charge >= 0.3 is 0 Å². The second-order valence-electron chi connectivity index (χ2n) is 7.95. The second kappa shape index (κ2) is 9.40. The molecule has 3 aromatic rings. The summed E-state index contributed by atoms with van der Waals surface area (Å²) in [6.45, 7) is 0.421. The lowest BCUT2D eigenvalue weighted by atomic mass is 10.1. The molecule has 2 amide bonds. The molecule has 3 aromatic carbocycles. The van der Waals surface area contributed by atoms with Gasteiger partial charge in [0.15, 0.2) is 5.17 Å². The van der Waals surface area contributed by atoms with Crippen molar-refractivity contribution in [1.29, 1.82) is 0 Å². The van der Waals surface area contributed by atoms with Crippen LogP contribution in [-0.2, 0) is 22.6 Å². The molecule has 0 bridgehead atoms. The summed E-state index contributed by atoms with van der Waals surface area (Å²) < 4.78 is 0. The molecule has 2 aliphatic rings. The highest BCUT2D eigenvalue weighted by molar-refractivity contribution is 8.19. The molecule has 0 radical (unpaired) electrons. The lowest BCUT2D eigenvalue weighted by Crippen LogP contribution is -2.29. The van der Waals surface area contributed by atoms with Crippen molar-refractivity contribution in [1.82, 2.24) is 4.90 Å². The van der Waals surface area contributed by atoms with E-state index < -0.39 is 5.91 Å². The number of fused-ring (bicyclic) bond motifs is 1. The molecular weight excluding hydrogens is 464 g/mol. The van der Waals surface area contributed by atoms with Gasteiger partial charge in [0.1, 0.15) is 4.91 Å². The van der Waals surface area contributed by atoms with Gasteiger partial charge in [-0.3, -0.25) is 14.5 Å². The Bertz CT molecular complexity index is 1340. The fourth-order valence-electron chi connectivity index (χ4n) is 3.87. The number of aliphatic imine (C=N–C) groups is 1. The Hall–Kier alpha value is -3.49. The summed E-state index contributed by atoms with van der Waals surface area (Å²) in [5.74, 6) is -0.461. The van der Waals surface area contributed by atoms with Crippen LogP contribution in [-0.4, -0.2) is 28.9 Å². The van der Waals surface area contributed by atoms with Crippen molar-refractivity contribution in [3.05, 3.63) is 99.9 Å². The molecule has 2 N–H and O–H groups in total. The second-order valence-corrected chi connectivity index (χ2v) is 9.96. The molecule has 0 unspecified atom stereocenters. The first-order valence-electron chi connectivity index (χ1n) is 10.7. The fourth-order valence-corrected chi connectivity index (χ4v) is 6.21. The number of hydrogen-bond donors (Lipinski definition) is 1. The van der Waals surface area contributed by atoms with E-state index in [1.54, 1.807) is 16.7 Å². The maximum absolute atomic E-state index is 13.7. The van der Waals surface area contributed by atoms with E-state index in [0.717, 1.165) is 26.7 Å². The number of para-hydroxylation sites is 1. The molecule has 34 heavy (non-hydrogen) atoms. The summed E-state index contributed by atoms with van der Waals surface area (Å²) in [6, 6.07) is 25.4. The van der Waals surface area contributed by atoms with Crippen molar-refractivity contribution in [3.63, 3.8) is 0 Å². The normalized spacial score (nSPS) is 18.6. The van der Waals surface area contributed by atoms with Crippen LogP contribution < -0.4 is 10.6 Å². The average Bonchev–Trinajstić information content (AvgIpc) is 3.31. The quantitative estimate of drug-likeness (QED) is 0.520. The van der Waals surface area contributed by atoms with Gasteiger partial charge < -0.3 is 10.6 Å². The van der Waals surface area contributed by atoms with Crippen molar-refractivity contribution in [2.45, 2.75) is 17.9 Å². The molecule has 0 aliphatic carbocycles. The largest absolute Gasteiger partial charge is 0.369 e. The van der Waals surface area contributed by atoms with E-state index in [4.69, 9.17) is 10.7 Å². The Kier molecular flexibility index (Phi) is 6.17. The Morgan fingerprint density at radius 2 is 1.68 bits per heavy atom. The third-order valence-corrected chi connectivity index (χ3v) is 7.92.